The second-order valence-electron chi connectivity index (χ2n) is 5.08. The number of anilines is 1. The predicted molar refractivity (Wildman–Crippen MR) is 101 cm³/mol. The Morgan fingerprint density at radius 3 is 3.00 bits per heavy atom. The van der Waals surface area contributed by atoms with E-state index in [1.807, 2.05) is 17.5 Å². The number of nitro benzene ring substituents is 1. The Morgan fingerprint density at radius 2 is 2.27 bits per heavy atom. The normalized spacial score (nSPS) is 10.7. The summed E-state index contributed by atoms with van der Waals surface area (Å²) in [7, 11) is 0. The van der Waals surface area contributed by atoms with Crippen LogP contribution in [0.3, 0.4) is 0 Å². The molecule has 0 saturated heterocycles. The van der Waals surface area contributed by atoms with Gasteiger partial charge in [0.15, 0.2) is 0 Å². The summed E-state index contributed by atoms with van der Waals surface area (Å²) in [6, 6.07) is 8.07. The zero-order valence-corrected chi connectivity index (χ0v) is 15.5. The van der Waals surface area contributed by atoms with E-state index in [-0.39, 0.29) is 22.4 Å². The maximum atomic E-state index is 12.0. The predicted octanol–water partition coefficient (Wildman–Crippen LogP) is 3.75. The molecule has 1 aromatic carbocycles. The Morgan fingerprint density at radius 1 is 1.42 bits per heavy atom. The number of aromatic amines is 1. The topological polar surface area (TPSA) is 114 Å². The van der Waals surface area contributed by atoms with E-state index < -0.39 is 4.92 Å². The van der Waals surface area contributed by atoms with Crippen molar-refractivity contribution < 1.29 is 9.72 Å². The minimum atomic E-state index is -0.602. The Kier molecular flexibility index (Phi) is 5.86. The van der Waals surface area contributed by atoms with Gasteiger partial charge < -0.3 is 5.32 Å². The summed E-state index contributed by atoms with van der Waals surface area (Å²) in [5.41, 5.74) is 0.0457. The second kappa shape index (κ2) is 8.30. The number of H-pyrrole nitrogens is 1. The fourth-order valence-corrected chi connectivity index (χ4v) is 3.57. The van der Waals surface area contributed by atoms with Crippen molar-refractivity contribution in [2.75, 3.05) is 11.1 Å². The average Bonchev–Trinajstić information content (AvgIpc) is 3.27. The highest BCUT2D eigenvalue weighted by Gasteiger charge is 2.14. The van der Waals surface area contributed by atoms with E-state index in [1.165, 1.54) is 34.8 Å². The Bertz CT molecular complexity index is 929. The molecule has 0 aliphatic carbocycles. The number of aromatic nitrogens is 3. The van der Waals surface area contributed by atoms with Crippen molar-refractivity contribution in [3.05, 3.63) is 61.6 Å². The first-order chi connectivity index (χ1) is 12.5. The summed E-state index contributed by atoms with van der Waals surface area (Å²) in [5.74, 6) is 0.479. The van der Waals surface area contributed by atoms with Gasteiger partial charge in [0.2, 0.25) is 11.1 Å². The van der Waals surface area contributed by atoms with Gasteiger partial charge in [0.05, 0.1) is 10.7 Å². The van der Waals surface area contributed by atoms with Gasteiger partial charge in [0, 0.05) is 23.1 Å². The Balaban J connectivity index is 1.54. The molecule has 0 fully saturated rings. The van der Waals surface area contributed by atoms with Crippen molar-refractivity contribution in [3.8, 4) is 0 Å². The van der Waals surface area contributed by atoms with Gasteiger partial charge in [0.25, 0.3) is 5.69 Å². The van der Waals surface area contributed by atoms with Crippen molar-refractivity contribution in [1.82, 2.24) is 15.2 Å². The molecule has 2 N–H and O–H groups in total. The number of hydrogen-bond donors (Lipinski definition) is 2. The zero-order chi connectivity index (χ0) is 18.5. The number of thiophene rings is 1. The van der Waals surface area contributed by atoms with Crippen LogP contribution in [0.4, 0.5) is 11.4 Å². The van der Waals surface area contributed by atoms with E-state index in [1.54, 1.807) is 11.3 Å². The largest absolute Gasteiger partial charge is 0.325 e. The molecule has 11 heteroatoms. The van der Waals surface area contributed by atoms with Crippen LogP contribution < -0.4 is 5.32 Å². The van der Waals surface area contributed by atoms with Crippen molar-refractivity contribution in [3.63, 3.8) is 0 Å². The van der Waals surface area contributed by atoms with Crippen LogP contribution in [0.15, 0.2) is 40.9 Å². The van der Waals surface area contributed by atoms with Crippen LogP contribution in [0, 0.1) is 10.1 Å². The highest BCUT2D eigenvalue weighted by Crippen LogP contribution is 2.27. The second-order valence-corrected chi connectivity index (χ2v) is 7.46. The van der Waals surface area contributed by atoms with Gasteiger partial charge in [-0.05, 0) is 23.6 Å². The molecule has 0 atom stereocenters. The van der Waals surface area contributed by atoms with Gasteiger partial charge in [-0.25, -0.2) is 4.98 Å². The number of rotatable bonds is 7. The first-order valence-corrected chi connectivity index (χ1v) is 9.56. The molecular formula is C15H12ClN5O3S2. The average molecular weight is 410 g/mol. The van der Waals surface area contributed by atoms with Gasteiger partial charge in [0.1, 0.15) is 10.8 Å². The minimum Gasteiger partial charge on any atom is -0.325 e. The highest BCUT2D eigenvalue weighted by atomic mass is 35.5. The number of amides is 1. The van der Waals surface area contributed by atoms with E-state index in [4.69, 9.17) is 11.6 Å². The third-order valence-electron chi connectivity index (χ3n) is 3.19. The first kappa shape index (κ1) is 18.4. The fourth-order valence-electron chi connectivity index (χ4n) is 2.06. The van der Waals surface area contributed by atoms with Crippen molar-refractivity contribution >= 4 is 52.0 Å². The summed E-state index contributed by atoms with van der Waals surface area (Å²) in [6.45, 7) is 0. The van der Waals surface area contributed by atoms with Gasteiger partial charge >= 0.3 is 0 Å². The smallest absolute Gasteiger partial charge is 0.289 e. The molecular weight excluding hydrogens is 398 g/mol. The van der Waals surface area contributed by atoms with Gasteiger partial charge in [-0.2, -0.15) is 0 Å². The lowest BCUT2D eigenvalue weighted by molar-refractivity contribution is -0.384. The molecule has 2 heterocycles. The molecule has 3 rings (SSSR count). The van der Waals surface area contributed by atoms with E-state index in [0.717, 1.165) is 5.82 Å². The van der Waals surface area contributed by atoms with Gasteiger partial charge in [-0.1, -0.05) is 29.4 Å². The molecule has 0 aliphatic heterocycles. The van der Waals surface area contributed by atoms with E-state index in [0.29, 0.717) is 17.3 Å². The van der Waals surface area contributed by atoms with Crippen molar-refractivity contribution in [2.45, 2.75) is 11.6 Å². The molecule has 8 nitrogen and oxygen atoms in total. The summed E-state index contributed by atoms with van der Waals surface area (Å²) in [4.78, 5) is 27.8. The quantitative estimate of drug-likeness (QED) is 0.349. The molecule has 0 radical (unpaired) electrons. The van der Waals surface area contributed by atoms with Crippen LogP contribution in [0.25, 0.3) is 0 Å². The monoisotopic (exact) mass is 409 g/mol. The van der Waals surface area contributed by atoms with Crippen molar-refractivity contribution in [2.24, 2.45) is 0 Å². The number of nitrogens with zero attached hydrogens (tertiary/aromatic N) is 3. The molecule has 0 unspecified atom stereocenters. The summed E-state index contributed by atoms with van der Waals surface area (Å²) in [5, 5.41) is 22.9. The molecule has 0 spiro atoms. The number of carbonyl (C=O) groups excluding carboxylic acids is 1. The third-order valence-corrected chi connectivity index (χ3v) is 5.24. The molecule has 3 aromatic rings. The molecule has 134 valence electrons. The number of hydrogen-bond acceptors (Lipinski definition) is 7. The van der Waals surface area contributed by atoms with E-state index >= 15 is 0 Å². The molecule has 0 saturated carbocycles. The van der Waals surface area contributed by atoms with E-state index in [2.05, 4.69) is 20.5 Å². The molecule has 2 aromatic heterocycles. The summed E-state index contributed by atoms with van der Waals surface area (Å²) in [6.07, 6.45) is 0.659. The van der Waals surface area contributed by atoms with Crippen molar-refractivity contribution in [1.29, 1.82) is 0 Å². The third kappa shape index (κ3) is 4.81. The lowest BCUT2D eigenvalue weighted by Crippen LogP contribution is -2.14. The van der Waals surface area contributed by atoms with Gasteiger partial charge in [-0.15, -0.1) is 16.4 Å². The lowest BCUT2D eigenvalue weighted by Gasteiger charge is -2.04. The van der Waals surface area contributed by atoms with Crippen LogP contribution in [-0.2, 0) is 11.2 Å². The number of nitro groups is 1. The molecule has 0 bridgehead atoms. The minimum absolute atomic E-state index is 0.0152. The molecule has 1 amide bonds. The fraction of sp³-hybridized carbons (Fsp3) is 0.133. The first-order valence-electron chi connectivity index (χ1n) is 7.31. The van der Waals surface area contributed by atoms with Gasteiger partial charge in [-0.3, -0.25) is 20.0 Å². The van der Waals surface area contributed by atoms with Crippen LogP contribution in [0.1, 0.15) is 10.7 Å². The standard InChI is InChI=1S/C15H12ClN5O3S2/c16-11-4-3-9(6-12(11)21(23)24)17-14(22)8-26-15-18-13(19-20-15)7-10-2-1-5-25-10/h1-6H,7-8H2,(H,17,22)(H,18,19,20). The number of halogens is 1. The Hall–Kier alpha value is -2.43. The Labute approximate surface area is 161 Å². The number of carbonyl (C=O) groups is 1. The lowest BCUT2D eigenvalue weighted by atomic mass is 10.3. The summed E-state index contributed by atoms with van der Waals surface area (Å²) < 4.78 is 0. The number of nitrogens with one attached hydrogen (secondary N) is 2. The van der Waals surface area contributed by atoms with Crippen LogP contribution in [-0.4, -0.2) is 31.8 Å². The summed E-state index contributed by atoms with van der Waals surface area (Å²) >= 11 is 8.55. The number of benzene rings is 1. The molecule has 26 heavy (non-hydrogen) atoms. The molecule has 0 aliphatic rings. The van der Waals surface area contributed by atoms with Crippen LogP contribution in [0.2, 0.25) is 5.02 Å². The maximum absolute atomic E-state index is 12.0. The maximum Gasteiger partial charge on any atom is 0.289 e. The van der Waals surface area contributed by atoms with Crippen LogP contribution in [0.5, 0.6) is 0 Å². The van der Waals surface area contributed by atoms with Crippen LogP contribution >= 0.6 is 34.7 Å². The zero-order valence-electron chi connectivity index (χ0n) is 13.1. The SMILES string of the molecule is O=C(CSc1n[nH]c(Cc2cccs2)n1)Nc1ccc(Cl)c([N+](=O)[O-])c1. The number of thioether (sulfide) groups is 1. The highest BCUT2D eigenvalue weighted by molar-refractivity contribution is 7.99. The van der Waals surface area contributed by atoms with E-state index in [9.17, 15) is 14.9 Å².